The Labute approximate surface area is 278 Å². The Hall–Kier alpha value is -6.39. The Bertz CT molecular complexity index is 2840. The number of benzene rings is 7. The molecule has 0 saturated heterocycles. The summed E-state index contributed by atoms with van der Waals surface area (Å²) in [6, 6.07) is 42.2. The molecular formula is C43H27N3O. The monoisotopic (exact) mass is 606 g/mol. The first-order chi connectivity index (χ1) is 25.3. The lowest BCUT2D eigenvalue weighted by atomic mass is 9.97. The number of hydrogen-bond acceptors (Lipinski definition) is 4. The lowest BCUT2D eigenvalue weighted by molar-refractivity contribution is 0.669. The molecule has 4 heteroatoms. The Morgan fingerprint density at radius 2 is 1.04 bits per heavy atom. The largest absolute Gasteiger partial charge is 0.456 e. The fourth-order valence-electron chi connectivity index (χ4n) is 6.13. The highest BCUT2D eigenvalue weighted by Gasteiger charge is 2.18. The van der Waals surface area contributed by atoms with Gasteiger partial charge in [-0.2, -0.15) is 0 Å². The van der Waals surface area contributed by atoms with Crippen LogP contribution in [0.2, 0.25) is 0 Å². The third kappa shape index (κ3) is 4.93. The first kappa shape index (κ1) is 22.2. The molecule has 0 atom stereocenters. The van der Waals surface area contributed by atoms with E-state index in [1.807, 2.05) is 84.9 Å². The first-order valence-corrected chi connectivity index (χ1v) is 15.3. The molecule has 0 fully saturated rings. The van der Waals surface area contributed by atoms with Crippen molar-refractivity contribution in [3.63, 3.8) is 0 Å². The van der Waals surface area contributed by atoms with Gasteiger partial charge in [0.2, 0.25) is 0 Å². The highest BCUT2D eigenvalue weighted by molar-refractivity contribution is 6.11. The second kappa shape index (κ2) is 11.2. The van der Waals surface area contributed by atoms with Gasteiger partial charge in [-0.05, 0) is 63.4 Å². The van der Waals surface area contributed by atoms with Gasteiger partial charge in [0.15, 0.2) is 17.5 Å². The van der Waals surface area contributed by atoms with E-state index in [2.05, 4.69) is 48.5 Å². The lowest BCUT2D eigenvalue weighted by Gasteiger charge is -2.11. The van der Waals surface area contributed by atoms with E-state index >= 15 is 0 Å². The van der Waals surface area contributed by atoms with Gasteiger partial charge in [0.1, 0.15) is 11.2 Å². The Balaban J connectivity index is 1.23. The zero-order valence-corrected chi connectivity index (χ0v) is 25.0. The second-order valence-corrected chi connectivity index (χ2v) is 11.3. The van der Waals surface area contributed by atoms with Crippen LogP contribution in [-0.4, -0.2) is 15.0 Å². The van der Waals surface area contributed by atoms with Gasteiger partial charge in [0.25, 0.3) is 0 Å². The summed E-state index contributed by atoms with van der Waals surface area (Å²) in [5.41, 5.74) is 6.85. The van der Waals surface area contributed by atoms with Crippen LogP contribution < -0.4 is 0 Å². The zero-order valence-electron chi connectivity index (χ0n) is 30.0. The lowest BCUT2D eigenvalue weighted by Crippen LogP contribution is -2.00. The smallest absolute Gasteiger partial charge is 0.164 e. The third-order valence-corrected chi connectivity index (χ3v) is 8.40. The van der Waals surface area contributed by atoms with Crippen LogP contribution in [0.1, 0.15) is 6.85 Å². The van der Waals surface area contributed by atoms with E-state index in [9.17, 15) is 0 Å². The molecule has 0 unspecified atom stereocenters. The summed E-state index contributed by atoms with van der Waals surface area (Å²) < 4.78 is 48.5. The highest BCUT2D eigenvalue weighted by Crippen LogP contribution is 2.37. The number of furan rings is 1. The summed E-state index contributed by atoms with van der Waals surface area (Å²) in [5.74, 6) is 0.561. The molecule has 0 saturated carbocycles. The van der Waals surface area contributed by atoms with Crippen molar-refractivity contribution >= 4 is 32.7 Å². The van der Waals surface area contributed by atoms with Gasteiger partial charge in [0, 0.05) is 27.5 Å². The minimum absolute atomic E-state index is 0.0219. The molecule has 0 aliphatic rings. The van der Waals surface area contributed by atoms with Gasteiger partial charge < -0.3 is 4.42 Å². The molecule has 0 radical (unpaired) electrons. The fraction of sp³-hybridized carbons (Fsp3) is 0. The van der Waals surface area contributed by atoms with Crippen molar-refractivity contribution in [3.8, 4) is 56.4 Å². The van der Waals surface area contributed by atoms with Gasteiger partial charge in [-0.3, -0.25) is 0 Å². The molecule has 0 aliphatic carbocycles. The van der Waals surface area contributed by atoms with E-state index in [1.165, 1.54) is 0 Å². The SMILES string of the molecule is [2H]c1c([2H])c([2H])c(-c2nc(-c3cccc(-c4ccc5ccc(-c6ccccc6)cc5c4)c3)nc(-c3cccc4oc5ccccc5c34)n2)c([2H])c1[2H]. The molecule has 220 valence electrons. The van der Waals surface area contributed by atoms with Crippen LogP contribution in [0, 0.1) is 0 Å². The van der Waals surface area contributed by atoms with Crippen LogP contribution in [0.15, 0.2) is 168 Å². The number of nitrogens with zero attached hydrogens (tertiary/aromatic N) is 3. The average molecular weight is 607 g/mol. The zero-order chi connectivity index (χ0) is 35.5. The number of hydrogen-bond donors (Lipinski definition) is 0. The Morgan fingerprint density at radius 3 is 1.87 bits per heavy atom. The minimum atomic E-state index is -0.484. The first-order valence-electron chi connectivity index (χ1n) is 17.8. The maximum atomic E-state index is 8.73. The average Bonchev–Trinajstić information content (AvgIpc) is 3.58. The topological polar surface area (TPSA) is 51.8 Å². The van der Waals surface area contributed by atoms with E-state index in [4.69, 9.17) is 26.2 Å². The van der Waals surface area contributed by atoms with Crippen molar-refractivity contribution in [2.75, 3.05) is 0 Å². The third-order valence-electron chi connectivity index (χ3n) is 8.40. The second-order valence-electron chi connectivity index (χ2n) is 11.3. The summed E-state index contributed by atoms with van der Waals surface area (Å²) in [5, 5.41) is 3.93. The summed E-state index contributed by atoms with van der Waals surface area (Å²) in [6.07, 6.45) is 0. The van der Waals surface area contributed by atoms with Gasteiger partial charge >= 0.3 is 0 Å². The van der Waals surface area contributed by atoms with Gasteiger partial charge in [-0.25, -0.2) is 15.0 Å². The van der Waals surface area contributed by atoms with Crippen LogP contribution in [-0.2, 0) is 0 Å². The van der Waals surface area contributed by atoms with Gasteiger partial charge in [-0.15, -0.1) is 0 Å². The normalized spacial score (nSPS) is 12.9. The quantitative estimate of drug-likeness (QED) is 0.196. The highest BCUT2D eigenvalue weighted by atomic mass is 16.3. The summed E-state index contributed by atoms with van der Waals surface area (Å²) in [4.78, 5) is 14.5. The van der Waals surface area contributed by atoms with Crippen LogP contribution in [0.5, 0.6) is 0 Å². The molecule has 9 aromatic rings. The molecule has 0 N–H and O–H groups in total. The minimum Gasteiger partial charge on any atom is -0.456 e. The Kier molecular flexibility index (Phi) is 5.28. The fourth-order valence-corrected chi connectivity index (χ4v) is 6.13. The maximum absolute atomic E-state index is 8.73. The number of rotatable bonds is 5. The van der Waals surface area contributed by atoms with E-state index in [1.54, 1.807) is 0 Å². The van der Waals surface area contributed by atoms with Crippen molar-refractivity contribution in [3.05, 3.63) is 164 Å². The van der Waals surface area contributed by atoms with Crippen LogP contribution in [0.3, 0.4) is 0 Å². The van der Waals surface area contributed by atoms with E-state index in [-0.39, 0.29) is 29.3 Å². The molecule has 0 spiro atoms. The molecule has 9 rings (SSSR count). The van der Waals surface area contributed by atoms with Gasteiger partial charge in [-0.1, -0.05) is 133 Å². The molecule has 0 aliphatic heterocycles. The van der Waals surface area contributed by atoms with Crippen molar-refractivity contribution in [2.45, 2.75) is 0 Å². The predicted molar refractivity (Wildman–Crippen MR) is 192 cm³/mol. The van der Waals surface area contributed by atoms with Crippen LogP contribution in [0.25, 0.3) is 89.1 Å². The molecule has 0 amide bonds. The summed E-state index contributed by atoms with van der Waals surface area (Å²) in [7, 11) is 0. The Morgan fingerprint density at radius 1 is 0.426 bits per heavy atom. The number of para-hydroxylation sites is 1. The molecule has 7 aromatic carbocycles. The predicted octanol–water partition coefficient (Wildman–Crippen LogP) is 11.3. The van der Waals surface area contributed by atoms with Crippen LogP contribution in [0.4, 0.5) is 0 Å². The number of aromatic nitrogens is 3. The summed E-state index contributed by atoms with van der Waals surface area (Å²) >= 11 is 0. The molecular weight excluding hydrogens is 574 g/mol. The van der Waals surface area contributed by atoms with E-state index < -0.39 is 18.1 Å². The van der Waals surface area contributed by atoms with Gasteiger partial charge in [0.05, 0.1) is 6.85 Å². The van der Waals surface area contributed by atoms with E-state index in [0.29, 0.717) is 28.1 Å². The molecule has 0 bridgehead atoms. The molecule has 4 nitrogen and oxygen atoms in total. The van der Waals surface area contributed by atoms with E-state index in [0.717, 1.165) is 43.8 Å². The van der Waals surface area contributed by atoms with Crippen LogP contribution >= 0.6 is 0 Å². The van der Waals surface area contributed by atoms with Crippen molar-refractivity contribution in [2.24, 2.45) is 0 Å². The van der Waals surface area contributed by atoms with Crippen molar-refractivity contribution < 1.29 is 11.3 Å². The molecule has 2 heterocycles. The molecule has 47 heavy (non-hydrogen) atoms. The standard InChI is InChI=1S/C43H27N3O/c1-3-11-28(12-4-1)32-23-21-29-22-24-33(27-35(29)26-32)31-15-9-16-34(25-31)42-44-41(30-13-5-2-6-14-30)45-43(46-42)37-18-10-20-39-40(37)36-17-7-8-19-38(36)47-39/h1-27H/i2D,5D,6D,13D,14D. The maximum Gasteiger partial charge on any atom is 0.164 e. The molecule has 2 aromatic heterocycles. The summed E-state index contributed by atoms with van der Waals surface area (Å²) in [6.45, 7) is 0. The number of fused-ring (bicyclic) bond motifs is 4. The van der Waals surface area contributed by atoms with Crippen molar-refractivity contribution in [1.82, 2.24) is 15.0 Å². The van der Waals surface area contributed by atoms with Crippen molar-refractivity contribution in [1.29, 1.82) is 0 Å².